The number of benzene rings is 1. The van der Waals surface area contributed by atoms with Crippen LogP contribution in [0.3, 0.4) is 0 Å². The Kier molecular flexibility index (Phi) is 4.83. The second-order valence-corrected chi connectivity index (χ2v) is 3.54. The minimum absolute atomic E-state index is 0.350. The standard InChI is InChI=1S/C10H11BrN2O2/c1-2-15-10(14)7-12-13-9-5-3-8(11)4-6-9/h3-7,13H,2H2,1H3. The molecule has 0 radical (unpaired) electrons. The first-order chi connectivity index (χ1) is 7.22. The molecule has 0 unspecified atom stereocenters. The van der Waals surface area contributed by atoms with Gasteiger partial charge in [-0.15, -0.1) is 0 Å². The maximum Gasteiger partial charge on any atom is 0.351 e. The van der Waals surface area contributed by atoms with Crippen LogP contribution in [0.4, 0.5) is 5.69 Å². The van der Waals surface area contributed by atoms with Crippen molar-refractivity contribution >= 4 is 33.8 Å². The summed E-state index contributed by atoms with van der Waals surface area (Å²) in [6.45, 7) is 2.09. The summed E-state index contributed by atoms with van der Waals surface area (Å²) < 4.78 is 5.65. The Balaban J connectivity index is 2.43. The van der Waals surface area contributed by atoms with E-state index in [4.69, 9.17) is 0 Å². The van der Waals surface area contributed by atoms with Gasteiger partial charge in [0.1, 0.15) is 6.21 Å². The van der Waals surface area contributed by atoms with Gasteiger partial charge in [-0.05, 0) is 31.2 Å². The minimum atomic E-state index is -0.456. The molecule has 0 aromatic heterocycles. The van der Waals surface area contributed by atoms with E-state index in [9.17, 15) is 4.79 Å². The number of esters is 1. The van der Waals surface area contributed by atoms with Crippen LogP contribution in [0.15, 0.2) is 33.8 Å². The lowest BCUT2D eigenvalue weighted by atomic mass is 10.3. The fourth-order valence-corrected chi connectivity index (χ4v) is 1.13. The molecule has 1 rings (SSSR count). The van der Waals surface area contributed by atoms with Crippen molar-refractivity contribution in [3.05, 3.63) is 28.7 Å². The molecule has 5 heteroatoms. The predicted molar refractivity (Wildman–Crippen MR) is 62.9 cm³/mol. The molecule has 0 aliphatic carbocycles. The minimum Gasteiger partial charge on any atom is -0.462 e. The van der Waals surface area contributed by atoms with E-state index in [1.807, 2.05) is 24.3 Å². The fourth-order valence-electron chi connectivity index (χ4n) is 0.863. The molecular weight excluding hydrogens is 260 g/mol. The van der Waals surface area contributed by atoms with Crippen LogP contribution in [-0.4, -0.2) is 18.8 Å². The third-order valence-electron chi connectivity index (χ3n) is 1.49. The van der Waals surface area contributed by atoms with E-state index >= 15 is 0 Å². The Bertz CT molecular complexity index is 349. The van der Waals surface area contributed by atoms with Crippen LogP contribution >= 0.6 is 15.9 Å². The van der Waals surface area contributed by atoms with E-state index in [2.05, 4.69) is 31.2 Å². The number of anilines is 1. The van der Waals surface area contributed by atoms with Crippen molar-refractivity contribution in [2.75, 3.05) is 12.0 Å². The molecule has 0 atom stereocenters. The second-order valence-electron chi connectivity index (χ2n) is 2.63. The summed E-state index contributed by atoms with van der Waals surface area (Å²) in [5.74, 6) is -0.456. The number of rotatable bonds is 4. The van der Waals surface area contributed by atoms with Gasteiger partial charge >= 0.3 is 5.97 Å². The highest BCUT2D eigenvalue weighted by Gasteiger charge is 1.94. The predicted octanol–water partition coefficient (Wildman–Crippen LogP) is 2.41. The van der Waals surface area contributed by atoms with Crippen LogP contribution < -0.4 is 5.43 Å². The lowest BCUT2D eigenvalue weighted by Crippen LogP contribution is -2.06. The molecule has 1 aromatic rings. The molecule has 1 N–H and O–H groups in total. The van der Waals surface area contributed by atoms with Gasteiger partial charge in [0.05, 0.1) is 12.3 Å². The van der Waals surface area contributed by atoms with Gasteiger partial charge in [0.25, 0.3) is 0 Å². The lowest BCUT2D eigenvalue weighted by Gasteiger charge is -1.99. The molecule has 80 valence electrons. The fraction of sp³-hybridized carbons (Fsp3) is 0.200. The third kappa shape index (κ3) is 4.60. The third-order valence-corrected chi connectivity index (χ3v) is 2.02. The summed E-state index contributed by atoms with van der Waals surface area (Å²) in [6, 6.07) is 7.43. The first kappa shape index (κ1) is 11.7. The first-order valence-electron chi connectivity index (χ1n) is 4.43. The second kappa shape index (κ2) is 6.19. The molecule has 0 heterocycles. The van der Waals surface area contributed by atoms with E-state index < -0.39 is 5.97 Å². The average Bonchev–Trinajstić information content (AvgIpc) is 2.21. The van der Waals surface area contributed by atoms with Gasteiger partial charge < -0.3 is 4.74 Å². The van der Waals surface area contributed by atoms with E-state index in [1.54, 1.807) is 6.92 Å². The van der Waals surface area contributed by atoms with Crippen molar-refractivity contribution in [3.63, 3.8) is 0 Å². The van der Waals surface area contributed by atoms with Gasteiger partial charge in [-0.1, -0.05) is 15.9 Å². The van der Waals surface area contributed by atoms with Crippen LogP contribution in [0.1, 0.15) is 6.92 Å². The summed E-state index contributed by atoms with van der Waals surface area (Å²) in [6.07, 6.45) is 1.10. The maximum absolute atomic E-state index is 10.9. The van der Waals surface area contributed by atoms with Crippen molar-refractivity contribution in [2.45, 2.75) is 6.92 Å². The lowest BCUT2D eigenvalue weighted by molar-refractivity contribution is -0.134. The number of nitrogens with zero attached hydrogens (tertiary/aromatic N) is 1. The Morgan fingerprint density at radius 2 is 2.20 bits per heavy atom. The molecule has 4 nitrogen and oxygen atoms in total. The quantitative estimate of drug-likeness (QED) is 0.519. The number of hydrogen-bond donors (Lipinski definition) is 1. The van der Waals surface area contributed by atoms with E-state index in [0.29, 0.717) is 6.61 Å². The zero-order valence-corrected chi connectivity index (χ0v) is 9.82. The van der Waals surface area contributed by atoms with E-state index in [0.717, 1.165) is 16.4 Å². The van der Waals surface area contributed by atoms with Crippen LogP contribution in [0.2, 0.25) is 0 Å². The Labute approximate surface area is 96.4 Å². The van der Waals surface area contributed by atoms with Crippen molar-refractivity contribution < 1.29 is 9.53 Å². The van der Waals surface area contributed by atoms with Crippen molar-refractivity contribution in [3.8, 4) is 0 Å². The molecular formula is C10H11BrN2O2. The molecule has 15 heavy (non-hydrogen) atoms. The van der Waals surface area contributed by atoms with Gasteiger partial charge in [0.15, 0.2) is 0 Å². The summed E-state index contributed by atoms with van der Waals surface area (Å²) in [5.41, 5.74) is 3.51. The SMILES string of the molecule is CCOC(=O)C=NNc1ccc(Br)cc1. The van der Waals surface area contributed by atoms with Crippen LogP contribution in [0.5, 0.6) is 0 Å². The van der Waals surface area contributed by atoms with Gasteiger partial charge in [0.2, 0.25) is 0 Å². The highest BCUT2D eigenvalue weighted by atomic mass is 79.9. The topological polar surface area (TPSA) is 50.7 Å². The molecule has 0 aliphatic heterocycles. The van der Waals surface area contributed by atoms with E-state index in [-0.39, 0.29) is 0 Å². The number of nitrogens with one attached hydrogen (secondary N) is 1. The van der Waals surface area contributed by atoms with Gasteiger partial charge in [-0.25, -0.2) is 4.79 Å². The summed E-state index contributed by atoms with van der Waals surface area (Å²) >= 11 is 3.32. The van der Waals surface area contributed by atoms with Gasteiger partial charge in [-0.3, -0.25) is 5.43 Å². The van der Waals surface area contributed by atoms with Crippen molar-refractivity contribution in [1.82, 2.24) is 0 Å². The Hall–Kier alpha value is -1.36. The van der Waals surface area contributed by atoms with Crippen LogP contribution in [0.25, 0.3) is 0 Å². The molecule has 0 saturated heterocycles. The molecule has 0 aliphatic rings. The summed E-state index contributed by atoms with van der Waals surface area (Å²) in [7, 11) is 0. The Morgan fingerprint density at radius 1 is 1.53 bits per heavy atom. The molecule has 1 aromatic carbocycles. The number of carbonyl (C=O) groups is 1. The van der Waals surface area contributed by atoms with Gasteiger partial charge in [0, 0.05) is 4.47 Å². The number of hydrazone groups is 1. The highest BCUT2D eigenvalue weighted by molar-refractivity contribution is 9.10. The monoisotopic (exact) mass is 270 g/mol. The first-order valence-corrected chi connectivity index (χ1v) is 5.23. The zero-order chi connectivity index (χ0) is 11.1. The molecule has 0 bridgehead atoms. The molecule has 0 saturated carbocycles. The molecule has 0 amide bonds. The summed E-state index contributed by atoms with van der Waals surface area (Å²) in [4.78, 5) is 10.9. The number of halogens is 1. The molecule has 0 spiro atoms. The van der Waals surface area contributed by atoms with Crippen molar-refractivity contribution in [1.29, 1.82) is 0 Å². The maximum atomic E-state index is 10.9. The van der Waals surface area contributed by atoms with Crippen molar-refractivity contribution in [2.24, 2.45) is 5.10 Å². The van der Waals surface area contributed by atoms with Crippen LogP contribution in [-0.2, 0) is 9.53 Å². The normalized spacial score (nSPS) is 10.3. The number of carbonyl (C=O) groups excluding carboxylic acids is 1. The van der Waals surface area contributed by atoms with E-state index in [1.165, 1.54) is 0 Å². The van der Waals surface area contributed by atoms with Crippen LogP contribution in [0, 0.1) is 0 Å². The Morgan fingerprint density at radius 3 is 2.80 bits per heavy atom. The number of ether oxygens (including phenoxy) is 1. The number of hydrogen-bond acceptors (Lipinski definition) is 4. The zero-order valence-electron chi connectivity index (χ0n) is 8.24. The smallest absolute Gasteiger partial charge is 0.351 e. The highest BCUT2D eigenvalue weighted by Crippen LogP contribution is 2.13. The largest absolute Gasteiger partial charge is 0.462 e. The average molecular weight is 271 g/mol. The summed E-state index contributed by atoms with van der Waals surface area (Å²) in [5, 5.41) is 3.72. The molecule has 0 fully saturated rings. The van der Waals surface area contributed by atoms with Gasteiger partial charge in [-0.2, -0.15) is 5.10 Å².